The second-order valence-corrected chi connectivity index (χ2v) is 4.87. The smallest absolute Gasteiger partial charge is 0.274 e. The Balaban J connectivity index is 1.88. The van der Waals surface area contributed by atoms with E-state index < -0.39 is 0 Å². The van der Waals surface area contributed by atoms with E-state index in [1.54, 1.807) is 6.07 Å². The van der Waals surface area contributed by atoms with Crippen molar-refractivity contribution in [3.8, 4) is 5.69 Å². The van der Waals surface area contributed by atoms with Crippen molar-refractivity contribution in [1.29, 1.82) is 0 Å². The fraction of sp³-hybridized carbons (Fsp3) is 0.133. The molecule has 0 saturated carbocycles. The largest absolute Gasteiger partial charge is 0.320 e. The number of rotatable bonds is 3. The number of carbonyl (C=O) groups excluding carboxylic acids is 1. The number of tetrazole rings is 1. The molecule has 0 saturated heterocycles. The van der Waals surface area contributed by atoms with Crippen LogP contribution in [0.1, 0.15) is 21.7 Å². The molecule has 1 aromatic carbocycles. The number of anilines is 1. The van der Waals surface area contributed by atoms with Crippen LogP contribution >= 0.6 is 0 Å². The second kappa shape index (κ2) is 5.72. The Labute approximate surface area is 127 Å². The molecule has 0 fully saturated rings. The number of hydrogen-bond donors (Lipinski definition) is 1. The van der Waals surface area contributed by atoms with Crippen molar-refractivity contribution in [3.05, 3.63) is 59.7 Å². The average Bonchev–Trinajstić information content (AvgIpc) is 3.04. The van der Waals surface area contributed by atoms with E-state index in [0.717, 1.165) is 16.9 Å². The summed E-state index contributed by atoms with van der Waals surface area (Å²) in [4.78, 5) is 16.5. The summed E-state index contributed by atoms with van der Waals surface area (Å²) >= 11 is 0. The summed E-state index contributed by atoms with van der Waals surface area (Å²) in [6.07, 6.45) is 1.50. The van der Waals surface area contributed by atoms with Gasteiger partial charge in [-0.2, -0.15) is 0 Å². The van der Waals surface area contributed by atoms with Crippen LogP contribution < -0.4 is 5.32 Å². The molecule has 2 aromatic heterocycles. The molecule has 3 rings (SSSR count). The van der Waals surface area contributed by atoms with Crippen molar-refractivity contribution in [3.63, 3.8) is 0 Å². The molecule has 0 aliphatic rings. The first-order valence-electron chi connectivity index (χ1n) is 6.72. The summed E-state index contributed by atoms with van der Waals surface area (Å²) in [6, 6.07) is 10.9. The Morgan fingerprint density at radius 2 is 2.05 bits per heavy atom. The van der Waals surface area contributed by atoms with Crippen LogP contribution in [-0.2, 0) is 0 Å². The Bertz CT molecular complexity index is 813. The minimum Gasteiger partial charge on any atom is -0.320 e. The third kappa shape index (κ3) is 2.83. The van der Waals surface area contributed by atoms with Gasteiger partial charge in [0.15, 0.2) is 0 Å². The van der Waals surface area contributed by atoms with E-state index in [0.29, 0.717) is 11.4 Å². The Hall–Kier alpha value is -3.09. The van der Waals surface area contributed by atoms with Gasteiger partial charge >= 0.3 is 0 Å². The molecule has 1 N–H and O–H groups in total. The zero-order valence-electron chi connectivity index (χ0n) is 12.2. The summed E-state index contributed by atoms with van der Waals surface area (Å²) < 4.78 is 1.53. The van der Waals surface area contributed by atoms with Gasteiger partial charge in [-0.05, 0) is 54.1 Å². The first-order valence-corrected chi connectivity index (χ1v) is 6.72. The normalized spacial score (nSPS) is 10.5. The molecular formula is C15H14N6O. The molecule has 0 bridgehead atoms. The molecule has 22 heavy (non-hydrogen) atoms. The zero-order valence-corrected chi connectivity index (χ0v) is 12.2. The lowest BCUT2D eigenvalue weighted by molar-refractivity contribution is 0.102. The van der Waals surface area contributed by atoms with E-state index in [4.69, 9.17) is 0 Å². The molecule has 0 unspecified atom stereocenters. The number of pyridine rings is 1. The molecule has 2 heterocycles. The van der Waals surface area contributed by atoms with Gasteiger partial charge in [0.1, 0.15) is 12.0 Å². The van der Waals surface area contributed by atoms with Crippen molar-refractivity contribution in [1.82, 2.24) is 25.2 Å². The minimum atomic E-state index is -0.249. The summed E-state index contributed by atoms with van der Waals surface area (Å²) in [5, 5.41) is 13.9. The number of aryl methyl sites for hydroxylation is 2. The Kier molecular flexibility index (Phi) is 3.61. The Morgan fingerprint density at radius 3 is 2.77 bits per heavy atom. The van der Waals surface area contributed by atoms with Crippen molar-refractivity contribution in [2.75, 3.05) is 5.32 Å². The zero-order chi connectivity index (χ0) is 15.5. The lowest BCUT2D eigenvalue weighted by Gasteiger charge is -2.10. The van der Waals surface area contributed by atoms with E-state index in [-0.39, 0.29) is 5.91 Å². The lowest BCUT2D eigenvalue weighted by atomic mass is 10.1. The molecule has 0 aliphatic carbocycles. The maximum atomic E-state index is 12.3. The van der Waals surface area contributed by atoms with Crippen LogP contribution in [0.3, 0.4) is 0 Å². The molecule has 0 atom stereocenters. The predicted octanol–water partition coefficient (Wildman–Crippen LogP) is 1.93. The van der Waals surface area contributed by atoms with Crippen LogP contribution in [0.25, 0.3) is 5.69 Å². The standard InChI is InChI=1S/C15H14N6O/c1-10-6-7-12(21-9-16-19-20-21)8-14(10)18-15(22)13-5-3-4-11(2)17-13/h3-9H,1-2H3,(H,18,22). The van der Waals surface area contributed by atoms with Gasteiger partial charge < -0.3 is 5.32 Å². The molecule has 7 heteroatoms. The average molecular weight is 294 g/mol. The number of carbonyl (C=O) groups is 1. The summed E-state index contributed by atoms with van der Waals surface area (Å²) in [5.41, 5.74) is 3.58. The van der Waals surface area contributed by atoms with Gasteiger partial charge in [0, 0.05) is 11.4 Å². The maximum absolute atomic E-state index is 12.3. The number of amides is 1. The topological polar surface area (TPSA) is 85.6 Å². The van der Waals surface area contributed by atoms with Gasteiger partial charge in [0.05, 0.1) is 5.69 Å². The van der Waals surface area contributed by atoms with Gasteiger partial charge in [0.2, 0.25) is 0 Å². The van der Waals surface area contributed by atoms with Crippen LogP contribution in [0.15, 0.2) is 42.7 Å². The highest BCUT2D eigenvalue weighted by atomic mass is 16.1. The SMILES string of the molecule is Cc1cccc(C(=O)Nc2cc(-n3cnnn3)ccc2C)n1. The molecule has 0 aliphatic heterocycles. The van der Waals surface area contributed by atoms with Crippen molar-refractivity contribution in [2.24, 2.45) is 0 Å². The van der Waals surface area contributed by atoms with Crippen LogP contribution in [0.4, 0.5) is 5.69 Å². The third-order valence-corrected chi connectivity index (χ3v) is 3.20. The van der Waals surface area contributed by atoms with Crippen molar-refractivity contribution < 1.29 is 4.79 Å². The molecule has 1 amide bonds. The quantitative estimate of drug-likeness (QED) is 0.797. The molecule has 7 nitrogen and oxygen atoms in total. The number of benzene rings is 1. The fourth-order valence-electron chi connectivity index (χ4n) is 2.02. The van der Waals surface area contributed by atoms with Crippen molar-refractivity contribution >= 4 is 11.6 Å². The van der Waals surface area contributed by atoms with Crippen molar-refractivity contribution in [2.45, 2.75) is 13.8 Å². The van der Waals surface area contributed by atoms with E-state index in [1.165, 1.54) is 11.0 Å². The highest BCUT2D eigenvalue weighted by Crippen LogP contribution is 2.19. The highest BCUT2D eigenvalue weighted by Gasteiger charge is 2.10. The molecule has 3 aromatic rings. The van der Waals surface area contributed by atoms with E-state index in [2.05, 4.69) is 25.8 Å². The lowest BCUT2D eigenvalue weighted by Crippen LogP contribution is -2.15. The van der Waals surface area contributed by atoms with E-state index >= 15 is 0 Å². The van der Waals surface area contributed by atoms with Gasteiger partial charge in [-0.1, -0.05) is 12.1 Å². The maximum Gasteiger partial charge on any atom is 0.274 e. The minimum absolute atomic E-state index is 0.249. The summed E-state index contributed by atoms with van der Waals surface area (Å²) in [6.45, 7) is 3.77. The first kappa shape index (κ1) is 13.9. The fourth-order valence-corrected chi connectivity index (χ4v) is 2.02. The van der Waals surface area contributed by atoms with E-state index in [1.807, 2.05) is 44.2 Å². The van der Waals surface area contributed by atoms with Gasteiger partial charge in [-0.3, -0.25) is 4.79 Å². The number of hydrogen-bond acceptors (Lipinski definition) is 5. The number of aromatic nitrogens is 5. The molecule has 110 valence electrons. The molecular weight excluding hydrogens is 280 g/mol. The number of nitrogens with zero attached hydrogens (tertiary/aromatic N) is 5. The predicted molar refractivity (Wildman–Crippen MR) is 80.8 cm³/mol. The monoisotopic (exact) mass is 294 g/mol. The summed E-state index contributed by atoms with van der Waals surface area (Å²) in [7, 11) is 0. The molecule has 0 spiro atoms. The first-order chi connectivity index (χ1) is 10.6. The van der Waals surface area contributed by atoms with Crippen LogP contribution in [-0.4, -0.2) is 31.1 Å². The van der Waals surface area contributed by atoms with Crippen LogP contribution in [0.2, 0.25) is 0 Å². The highest BCUT2D eigenvalue weighted by molar-refractivity contribution is 6.03. The van der Waals surface area contributed by atoms with Crippen LogP contribution in [0, 0.1) is 13.8 Å². The van der Waals surface area contributed by atoms with Gasteiger partial charge in [0.25, 0.3) is 5.91 Å². The van der Waals surface area contributed by atoms with Gasteiger partial charge in [-0.15, -0.1) is 5.10 Å². The van der Waals surface area contributed by atoms with Crippen LogP contribution in [0.5, 0.6) is 0 Å². The second-order valence-electron chi connectivity index (χ2n) is 4.87. The van der Waals surface area contributed by atoms with Gasteiger partial charge in [-0.25, -0.2) is 9.67 Å². The third-order valence-electron chi connectivity index (χ3n) is 3.20. The molecule has 0 radical (unpaired) electrons. The Morgan fingerprint density at radius 1 is 1.18 bits per heavy atom. The van der Waals surface area contributed by atoms with E-state index in [9.17, 15) is 4.79 Å². The summed E-state index contributed by atoms with van der Waals surface area (Å²) in [5.74, 6) is -0.249. The number of nitrogens with one attached hydrogen (secondary N) is 1.